The summed E-state index contributed by atoms with van der Waals surface area (Å²) in [5.74, 6) is 3.46. The number of fused-ring (bicyclic) bond motifs is 5. The number of Topliss-reactive ketones (excluding diaryl/α,β-unsaturated/α-hetero) is 1. The summed E-state index contributed by atoms with van der Waals surface area (Å²) in [6.07, 6.45) is 13.3. The van der Waals surface area contributed by atoms with E-state index in [1.54, 1.807) is 0 Å². The van der Waals surface area contributed by atoms with Gasteiger partial charge in [0.25, 0.3) is 0 Å². The van der Waals surface area contributed by atoms with Gasteiger partial charge in [-0.25, -0.2) is 0 Å². The lowest BCUT2D eigenvalue weighted by molar-refractivity contribution is -0.239. The van der Waals surface area contributed by atoms with Crippen LogP contribution in [0.5, 0.6) is 0 Å². The third kappa shape index (κ3) is 2.35. The molecule has 32 heavy (non-hydrogen) atoms. The Balaban J connectivity index is 1.40. The Bertz CT molecular complexity index is 842. The standard InChI is InChI=1S/C30H48O2/c1-25(2)14-16-30-17-15-28(6)19(23(30)24(25)32-18-30)8-9-21-27(5)12-11-22(31)26(3,4)20(27)10-13-29(21,28)7/h19-21,23-24H,8-18H2,1-7H3. The number of hydrogen-bond acceptors (Lipinski definition) is 2. The van der Waals surface area contributed by atoms with Crippen molar-refractivity contribution in [3.05, 3.63) is 0 Å². The van der Waals surface area contributed by atoms with Crippen molar-refractivity contribution in [2.45, 2.75) is 119 Å². The molecule has 9 atom stereocenters. The minimum Gasteiger partial charge on any atom is -0.377 e. The molecular weight excluding hydrogens is 392 g/mol. The Morgan fingerprint density at radius 2 is 1.47 bits per heavy atom. The van der Waals surface area contributed by atoms with E-state index in [4.69, 9.17) is 4.74 Å². The van der Waals surface area contributed by atoms with Crippen LogP contribution in [0.2, 0.25) is 0 Å². The van der Waals surface area contributed by atoms with Crippen LogP contribution >= 0.6 is 0 Å². The molecule has 0 aromatic carbocycles. The van der Waals surface area contributed by atoms with Crippen molar-refractivity contribution < 1.29 is 9.53 Å². The molecule has 9 unspecified atom stereocenters. The van der Waals surface area contributed by atoms with Gasteiger partial charge in [-0.15, -0.1) is 0 Å². The highest BCUT2D eigenvalue weighted by molar-refractivity contribution is 5.85. The number of carbonyl (C=O) groups excluding carboxylic acids is 1. The molecule has 0 aromatic heterocycles. The second-order valence-electron chi connectivity index (χ2n) is 15.4. The van der Waals surface area contributed by atoms with Crippen molar-refractivity contribution in [3.63, 3.8) is 0 Å². The van der Waals surface area contributed by atoms with Crippen molar-refractivity contribution in [3.8, 4) is 0 Å². The lowest BCUT2D eigenvalue weighted by atomic mass is 9.31. The van der Waals surface area contributed by atoms with Gasteiger partial charge in [0.1, 0.15) is 5.78 Å². The largest absolute Gasteiger partial charge is 0.377 e. The van der Waals surface area contributed by atoms with Crippen LogP contribution in [-0.2, 0) is 9.53 Å². The zero-order valence-corrected chi connectivity index (χ0v) is 22.0. The molecule has 6 fully saturated rings. The predicted octanol–water partition coefficient (Wildman–Crippen LogP) is 7.45. The van der Waals surface area contributed by atoms with Crippen LogP contribution in [0.1, 0.15) is 113 Å². The first-order chi connectivity index (χ1) is 14.8. The van der Waals surface area contributed by atoms with Gasteiger partial charge in [-0.05, 0) is 109 Å². The smallest absolute Gasteiger partial charge is 0.138 e. The first-order valence-electron chi connectivity index (χ1n) is 14.0. The second-order valence-corrected chi connectivity index (χ2v) is 15.4. The third-order valence-electron chi connectivity index (χ3n) is 13.9. The molecule has 1 saturated heterocycles. The van der Waals surface area contributed by atoms with Crippen LogP contribution in [0.4, 0.5) is 0 Å². The maximum absolute atomic E-state index is 12.9. The molecule has 0 amide bonds. The average Bonchev–Trinajstić information content (AvgIpc) is 3.05. The van der Waals surface area contributed by atoms with E-state index in [0.29, 0.717) is 44.9 Å². The van der Waals surface area contributed by atoms with Gasteiger partial charge < -0.3 is 4.74 Å². The van der Waals surface area contributed by atoms with E-state index in [9.17, 15) is 4.79 Å². The molecule has 0 N–H and O–H groups in total. The Hall–Kier alpha value is -0.370. The lowest BCUT2D eigenvalue weighted by Crippen LogP contribution is -2.67. The predicted molar refractivity (Wildman–Crippen MR) is 129 cm³/mol. The highest BCUT2D eigenvalue weighted by atomic mass is 16.5. The molecule has 2 bridgehead atoms. The van der Waals surface area contributed by atoms with Crippen LogP contribution in [0.25, 0.3) is 0 Å². The Morgan fingerprint density at radius 1 is 0.750 bits per heavy atom. The van der Waals surface area contributed by atoms with E-state index in [0.717, 1.165) is 37.2 Å². The topological polar surface area (TPSA) is 26.3 Å². The molecule has 0 radical (unpaired) electrons. The van der Waals surface area contributed by atoms with Crippen LogP contribution in [0, 0.1) is 56.2 Å². The maximum Gasteiger partial charge on any atom is 0.138 e. The van der Waals surface area contributed by atoms with E-state index in [1.807, 2.05) is 0 Å². The zero-order valence-electron chi connectivity index (χ0n) is 22.0. The molecule has 6 rings (SSSR count). The lowest BCUT2D eigenvalue weighted by Gasteiger charge is -2.72. The summed E-state index contributed by atoms with van der Waals surface area (Å²) >= 11 is 0. The van der Waals surface area contributed by atoms with Gasteiger partial charge in [0.2, 0.25) is 0 Å². The number of carbonyl (C=O) groups is 1. The van der Waals surface area contributed by atoms with E-state index in [-0.39, 0.29) is 5.41 Å². The third-order valence-corrected chi connectivity index (χ3v) is 13.9. The molecule has 6 aliphatic rings. The summed E-state index contributed by atoms with van der Waals surface area (Å²) in [4.78, 5) is 12.9. The van der Waals surface area contributed by atoms with Crippen molar-refractivity contribution >= 4 is 5.78 Å². The molecular formula is C30H48O2. The summed E-state index contributed by atoms with van der Waals surface area (Å²) in [5.41, 5.74) is 1.83. The molecule has 2 heteroatoms. The van der Waals surface area contributed by atoms with E-state index >= 15 is 0 Å². The first-order valence-corrected chi connectivity index (χ1v) is 14.0. The van der Waals surface area contributed by atoms with Gasteiger partial charge >= 0.3 is 0 Å². The van der Waals surface area contributed by atoms with Gasteiger partial charge in [-0.1, -0.05) is 48.5 Å². The summed E-state index contributed by atoms with van der Waals surface area (Å²) in [6.45, 7) is 18.6. The Kier molecular flexibility index (Phi) is 4.31. The second kappa shape index (κ2) is 6.24. The van der Waals surface area contributed by atoms with Crippen molar-refractivity contribution in [2.75, 3.05) is 6.61 Å². The molecule has 5 saturated carbocycles. The molecule has 0 spiro atoms. The zero-order chi connectivity index (χ0) is 22.9. The first kappa shape index (κ1) is 22.1. The molecule has 180 valence electrons. The van der Waals surface area contributed by atoms with Crippen LogP contribution in [0.15, 0.2) is 0 Å². The van der Waals surface area contributed by atoms with Crippen LogP contribution in [-0.4, -0.2) is 18.5 Å². The Morgan fingerprint density at radius 3 is 2.22 bits per heavy atom. The monoisotopic (exact) mass is 440 g/mol. The SMILES string of the molecule is CC1(C)CCC23CCC4(C)C(CCC5C6(C)CCC(=O)C(C)(C)C6CCC54C)C2C1OC3. The number of rotatable bonds is 0. The summed E-state index contributed by atoms with van der Waals surface area (Å²) < 4.78 is 6.70. The quantitative estimate of drug-likeness (QED) is 0.391. The molecule has 1 heterocycles. The summed E-state index contributed by atoms with van der Waals surface area (Å²) in [7, 11) is 0. The number of ether oxygens (including phenoxy) is 1. The fourth-order valence-electron chi connectivity index (χ4n) is 11.8. The normalized spacial score (nSPS) is 57.7. The van der Waals surface area contributed by atoms with Gasteiger partial charge in [-0.2, -0.15) is 0 Å². The van der Waals surface area contributed by atoms with Gasteiger partial charge in [0.05, 0.1) is 12.7 Å². The molecule has 5 aliphatic carbocycles. The van der Waals surface area contributed by atoms with Gasteiger partial charge in [0, 0.05) is 11.8 Å². The minimum absolute atomic E-state index is 0.136. The van der Waals surface area contributed by atoms with Gasteiger partial charge in [-0.3, -0.25) is 4.79 Å². The van der Waals surface area contributed by atoms with Crippen molar-refractivity contribution in [1.82, 2.24) is 0 Å². The molecule has 0 aromatic rings. The number of hydrogen-bond donors (Lipinski definition) is 0. The highest BCUT2D eigenvalue weighted by Crippen LogP contribution is 2.77. The van der Waals surface area contributed by atoms with E-state index in [1.165, 1.54) is 51.4 Å². The Labute approximate surface area is 197 Å². The van der Waals surface area contributed by atoms with Crippen molar-refractivity contribution in [1.29, 1.82) is 0 Å². The van der Waals surface area contributed by atoms with E-state index < -0.39 is 0 Å². The highest BCUT2D eigenvalue weighted by Gasteiger charge is 2.72. The molecule has 1 aliphatic heterocycles. The fraction of sp³-hybridized carbons (Fsp3) is 0.967. The maximum atomic E-state index is 12.9. The molecule has 2 nitrogen and oxygen atoms in total. The number of ketones is 1. The summed E-state index contributed by atoms with van der Waals surface area (Å²) in [6, 6.07) is 0. The van der Waals surface area contributed by atoms with Gasteiger partial charge in [0.15, 0.2) is 0 Å². The van der Waals surface area contributed by atoms with E-state index in [2.05, 4.69) is 48.5 Å². The summed E-state index contributed by atoms with van der Waals surface area (Å²) in [5, 5.41) is 0. The van der Waals surface area contributed by atoms with Crippen LogP contribution < -0.4 is 0 Å². The van der Waals surface area contributed by atoms with Crippen molar-refractivity contribution in [2.24, 2.45) is 56.2 Å². The van der Waals surface area contributed by atoms with Crippen LogP contribution in [0.3, 0.4) is 0 Å². The average molecular weight is 441 g/mol. The fourth-order valence-corrected chi connectivity index (χ4v) is 11.8. The minimum atomic E-state index is -0.136.